The van der Waals surface area contributed by atoms with Crippen molar-refractivity contribution in [3.8, 4) is 6.07 Å². The monoisotopic (exact) mass is 275 g/mol. The van der Waals surface area contributed by atoms with Crippen molar-refractivity contribution in [1.82, 2.24) is 0 Å². The number of aryl methyl sites for hydroxylation is 1. The molecule has 3 rings (SSSR count). The molecule has 0 spiro atoms. The van der Waals surface area contributed by atoms with Crippen LogP contribution in [0.15, 0.2) is 0 Å². The Hall–Kier alpha value is -1.38. The molecule has 1 amide bonds. The van der Waals surface area contributed by atoms with Crippen LogP contribution in [0.25, 0.3) is 0 Å². The van der Waals surface area contributed by atoms with Gasteiger partial charge in [-0.05, 0) is 37.7 Å². The lowest BCUT2D eigenvalue weighted by atomic mass is 10.0. The molecule has 2 aliphatic rings. The molecule has 2 aliphatic carbocycles. The first-order chi connectivity index (χ1) is 9.20. The van der Waals surface area contributed by atoms with Gasteiger partial charge < -0.3 is 11.1 Å². The lowest BCUT2D eigenvalue weighted by Crippen LogP contribution is -2.34. The molecular formula is C14H17N3OS. The van der Waals surface area contributed by atoms with E-state index in [1.165, 1.54) is 4.88 Å². The second kappa shape index (κ2) is 4.95. The Morgan fingerprint density at radius 1 is 1.37 bits per heavy atom. The van der Waals surface area contributed by atoms with E-state index in [9.17, 15) is 10.1 Å². The topological polar surface area (TPSA) is 78.9 Å². The third kappa shape index (κ3) is 2.15. The summed E-state index contributed by atoms with van der Waals surface area (Å²) in [5.41, 5.74) is 7.78. The normalized spacial score (nSPS) is 25.1. The summed E-state index contributed by atoms with van der Waals surface area (Å²) in [5.74, 6) is -0.107. The zero-order valence-corrected chi connectivity index (χ0v) is 11.6. The molecule has 19 heavy (non-hydrogen) atoms. The van der Waals surface area contributed by atoms with Crippen molar-refractivity contribution < 1.29 is 4.79 Å². The number of nitrogens with zero attached hydrogens (tertiary/aromatic N) is 1. The minimum atomic E-state index is -0.0940. The summed E-state index contributed by atoms with van der Waals surface area (Å²) in [5, 5.41) is 13.0. The van der Waals surface area contributed by atoms with Gasteiger partial charge in [-0.15, -0.1) is 11.3 Å². The summed E-state index contributed by atoms with van der Waals surface area (Å²) < 4.78 is 0. The summed E-state index contributed by atoms with van der Waals surface area (Å²) >= 11 is 1.57. The van der Waals surface area contributed by atoms with Gasteiger partial charge in [0.05, 0.1) is 11.5 Å². The quantitative estimate of drug-likeness (QED) is 0.868. The number of fused-ring (bicyclic) bond motifs is 1. The van der Waals surface area contributed by atoms with Crippen molar-refractivity contribution >= 4 is 22.2 Å². The van der Waals surface area contributed by atoms with Gasteiger partial charge in [-0.1, -0.05) is 6.42 Å². The molecule has 1 aromatic rings. The summed E-state index contributed by atoms with van der Waals surface area (Å²) in [7, 11) is 0. The van der Waals surface area contributed by atoms with Gasteiger partial charge in [0.2, 0.25) is 5.91 Å². The molecule has 2 unspecified atom stereocenters. The molecule has 4 nitrogen and oxygen atoms in total. The van der Waals surface area contributed by atoms with Crippen LogP contribution in [-0.2, 0) is 17.6 Å². The van der Waals surface area contributed by atoms with E-state index in [4.69, 9.17) is 5.73 Å². The SMILES string of the molecule is N#Cc1c(NC(=O)C2CCCC2N)sc2c1CCC2. The molecule has 0 saturated heterocycles. The van der Waals surface area contributed by atoms with Gasteiger partial charge in [0.15, 0.2) is 0 Å². The molecule has 2 atom stereocenters. The minimum absolute atomic E-state index is 0.0126. The summed E-state index contributed by atoms with van der Waals surface area (Å²) in [4.78, 5) is 13.5. The Morgan fingerprint density at radius 3 is 2.89 bits per heavy atom. The van der Waals surface area contributed by atoms with Gasteiger partial charge in [-0.3, -0.25) is 4.79 Å². The predicted molar refractivity (Wildman–Crippen MR) is 75.0 cm³/mol. The lowest BCUT2D eigenvalue weighted by Gasteiger charge is -2.14. The summed E-state index contributed by atoms with van der Waals surface area (Å²) in [6.45, 7) is 0. The van der Waals surface area contributed by atoms with Crippen molar-refractivity contribution in [1.29, 1.82) is 5.26 Å². The third-order valence-corrected chi connectivity index (χ3v) is 5.38. The highest BCUT2D eigenvalue weighted by atomic mass is 32.1. The van der Waals surface area contributed by atoms with E-state index in [1.54, 1.807) is 11.3 Å². The van der Waals surface area contributed by atoms with Crippen LogP contribution in [0, 0.1) is 17.2 Å². The number of anilines is 1. The fraction of sp³-hybridized carbons (Fsp3) is 0.571. The Kier molecular flexibility index (Phi) is 3.29. The van der Waals surface area contributed by atoms with Gasteiger partial charge in [0.1, 0.15) is 11.1 Å². The van der Waals surface area contributed by atoms with Gasteiger partial charge in [0.25, 0.3) is 0 Å². The summed E-state index contributed by atoms with van der Waals surface area (Å²) in [6, 6.07) is 2.22. The molecule has 1 fully saturated rings. The van der Waals surface area contributed by atoms with Crippen molar-refractivity contribution in [3.63, 3.8) is 0 Å². The largest absolute Gasteiger partial charge is 0.327 e. The van der Waals surface area contributed by atoms with Crippen LogP contribution in [0.3, 0.4) is 0 Å². The third-order valence-electron chi connectivity index (χ3n) is 4.18. The number of nitrogens with one attached hydrogen (secondary N) is 1. The van der Waals surface area contributed by atoms with Crippen molar-refractivity contribution in [2.45, 2.75) is 44.6 Å². The molecule has 1 heterocycles. The van der Waals surface area contributed by atoms with Gasteiger partial charge >= 0.3 is 0 Å². The molecule has 0 aliphatic heterocycles. The molecule has 5 heteroatoms. The average molecular weight is 275 g/mol. The Labute approximate surface area is 116 Å². The minimum Gasteiger partial charge on any atom is -0.327 e. The molecule has 1 aromatic heterocycles. The highest BCUT2D eigenvalue weighted by Crippen LogP contribution is 2.39. The van der Waals surface area contributed by atoms with Crippen molar-refractivity contribution in [2.75, 3.05) is 5.32 Å². The van der Waals surface area contributed by atoms with Gasteiger partial charge in [-0.25, -0.2) is 0 Å². The number of thiophene rings is 1. The predicted octanol–water partition coefficient (Wildman–Crippen LogP) is 2.17. The Balaban J connectivity index is 1.80. The number of amides is 1. The van der Waals surface area contributed by atoms with Crippen LogP contribution >= 0.6 is 11.3 Å². The number of carbonyl (C=O) groups excluding carboxylic acids is 1. The number of rotatable bonds is 2. The van der Waals surface area contributed by atoms with E-state index >= 15 is 0 Å². The second-order valence-corrected chi connectivity index (χ2v) is 6.47. The fourth-order valence-electron chi connectivity index (χ4n) is 3.13. The first-order valence-electron chi connectivity index (χ1n) is 6.81. The molecule has 0 bridgehead atoms. The maximum Gasteiger partial charge on any atom is 0.229 e. The maximum atomic E-state index is 12.2. The zero-order valence-electron chi connectivity index (χ0n) is 10.7. The molecule has 0 radical (unpaired) electrons. The first kappa shape index (κ1) is 12.6. The smallest absolute Gasteiger partial charge is 0.229 e. The number of nitrogens with two attached hydrogens (primary N) is 1. The van der Waals surface area contributed by atoms with Crippen LogP contribution in [0.2, 0.25) is 0 Å². The van der Waals surface area contributed by atoms with Crippen LogP contribution < -0.4 is 11.1 Å². The Morgan fingerprint density at radius 2 is 2.21 bits per heavy atom. The van der Waals surface area contributed by atoms with Crippen molar-refractivity contribution in [2.24, 2.45) is 11.7 Å². The number of nitriles is 1. The average Bonchev–Trinajstić information content (AvgIpc) is 3.04. The van der Waals surface area contributed by atoms with Crippen LogP contribution in [0.1, 0.15) is 41.7 Å². The molecule has 1 saturated carbocycles. The number of hydrogen-bond acceptors (Lipinski definition) is 4. The molecule has 3 N–H and O–H groups in total. The van der Waals surface area contributed by atoms with Gasteiger partial charge in [-0.2, -0.15) is 5.26 Å². The second-order valence-electron chi connectivity index (χ2n) is 5.36. The van der Waals surface area contributed by atoms with E-state index in [0.29, 0.717) is 5.56 Å². The molecular weight excluding hydrogens is 258 g/mol. The number of carbonyl (C=O) groups is 1. The van der Waals surface area contributed by atoms with Crippen LogP contribution in [-0.4, -0.2) is 11.9 Å². The van der Waals surface area contributed by atoms with Crippen LogP contribution in [0.5, 0.6) is 0 Å². The fourth-order valence-corrected chi connectivity index (χ4v) is 4.37. The van der Waals surface area contributed by atoms with E-state index < -0.39 is 0 Å². The summed E-state index contributed by atoms with van der Waals surface area (Å²) in [6.07, 6.45) is 5.92. The van der Waals surface area contributed by atoms with Crippen molar-refractivity contribution in [3.05, 3.63) is 16.0 Å². The molecule has 100 valence electrons. The van der Waals surface area contributed by atoms with E-state index in [0.717, 1.165) is 49.1 Å². The highest BCUT2D eigenvalue weighted by Gasteiger charge is 2.31. The number of hydrogen-bond donors (Lipinski definition) is 2. The van der Waals surface area contributed by atoms with E-state index in [2.05, 4.69) is 11.4 Å². The van der Waals surface area contributed by atoms with Gasteiger partial charge in [0, 0.05) is 10.9 Å². The first-order valence-corrected chi connectivity index (χ1v) is 7.63. The highest BCUT2D eigenvalue weighted by molar-refractivity contribution is 7.16. The van der Waals surface area contributed by atoms with Crippen LogP contribution in [0.4, 0.5) is 5.00 Å². The Bertz CT molecular complexity index is 558. The maximum absolute atomic E-state index is 12.2. The standard InChI is InChI=1S/C14H17N3OS/c15-7-10-8-3-2-6-12(8)19-14(10)17-13(18)9-4-1-5-11(9)16/h9,11H,1-6,16H2,(H,17,18). The molecule has 0 aromatic carbocycles. The van der Waals surface area contributed by atoms with E-state index in [1.807, 2.05) is 0 Å². The lowest BCUT2D eigenvalue weighted by molar-refractivity contribution is -0.120. The zero-order chi connectivity index (χ0) is 13.4. The van der Waals surface area contributed by atoms with E-state index in [-0.39, 0.29) is 17.9 Å².